The summed E-state index contributed by atoms with van der Waals surface area (Å²) in [6.45, 7) is 10.5. The van der Waals surface area contributed by atoms with Gasteiger partial charge in [-0.3, -0.25) is 14.9 Å². The van der Waals surface area contributed by atoms with E-state index in [1.807, 2.05) is 19.9 Å². The number of amides is 1. The Morgan fingerprint density at radius 1 is 1.14 bits per heavy atom. The molecule has 1 amide bonds. The standard InChI is InChI=1S/C32H32ClN5O3S2/c1-18-14-19(2)36-31(35-18)43-26-13-6-20(15-25(26)38(40)41)17-34-30-28(29(39)37-23-10-8-22(33)9-11-23)24-12-7-21(32(3,4)5)16-27(24)42-30/h6,8-11,13-15,17,21H,7,12,16H2,1-5H3,(H,37,39)/t21-/m1/s1. The zero-order valence-electron chi connectivity index (χ0n) is 24.6. The van der Waals surface area contributed by atoms with Gasteiger partial charge in [-0.1, -0.05) is 38.4 Å². The van der Waals surface area contributed by atoms with Gasteiger partial charge in [-0.25, -0.2) is 15.0 Å². The van der Waals surface area contributed by atoms with E-state index in [2.05, 4.69) is 36.1 Å². The molecule has 222 valence electrons. The number of aryl methyl sites for hydroxylation is 2. The van der Waals surface area contributed by atoms with Crippen LogP contribution in [0.4, 0.5) is 16.4 Å². The van der Waals surface area contributed by atoms with E-state index in [0.717, 1.165) is 48.0 Å². The van der Waals surface area contributed by atoms with E-state index in [0.29, 0.717) is 42.8 Å². The third-order valence-electron chi connectivity index (χ3n) is 7.47. The van der Waals surface area contributed by atoms with Crippen LogP contribution in [-0.2, 0) is 12.8 Å². The smallest absolute Gasteiger partial charge is 0.283 e. The average Bonchev–Trinajstić information content (AvgIpc) is 3.30. The highest BCUT2D eigenvalue weighted by molar-refractivity contribution is 7.99. The maximum absolute atomic E-state index is 13.6. The Morgan fingerprint density at radius 2 is 1.84 bits per heavy atom. The molecule has 8 nitrogen and oxygen atoms in total. The number of nitrogens with one attached hydrogen (secondary N) is 1. The quantitative estimate of drug-likeness (QED) is 0.0941. The molecule has 0 saturated heterocycles. The summed E-state index contributed by atoms with van der Waals surface area (Å²) < 4.78 is 0. The molecule has 0 radical (unpaired) electrons. The van der Waals surface area contributed by atoms with Crippen LogP contribution in [0.1, 0.15) is 64.9 Å². The lowest BCUT2D eigenvalue weighted by Gasteiger charge is -2.33. The molecule has 2 heterocycles. The lowest BCUT2D eigenvalue weighted by Crippen LogP contribution is -2.27. The summed E-state index contributed by atoms with van der Waals surface area (Å²) in [4.78, 5) is 40.4. The molecule has 4 aromatic rings. The SMILES string of the molecule is Cc1cc(C)nc(Sc2ccc(C=Nc3sc4c(c3C(=O)Nc3ccc(Cl)cc3)CC[C@@H](C(C)(C)C)C4)cc2[N+](=O)[O-])n1. The first kappa shape index (κ1) is 30.8. The van der Waals surface area contributed by atoms with Gasteiger partial charge in [-0.15, -0.1) is 11.3 Å². The Morgan fingerprint density at radius 3 is 2.49 bits per heavy atom. The van der Waals surface area contributed by atoms with Crippen molar-refractivity contribution in [1.82, 2.24) is 9.97 Å². The average molecular weight is 634 g/mol. The molecule has 1 atom stereocenters. The number of fused-ring (bicyclic) bond motifs is 1. The predicted molar refractivity (Wildman–Crippen MR) is 175 cm³/mol. The fourth-order valence-corrected chi connectivity index (χ4v) is 7.52. The van der Waals surface area contributed by atoms with E-state index in [1.165, 1.54) is 22.3 Å². The summed E-state index contributed by atoms with van der Waals surface area (Å²) in [5, 5.41) is 16.6. The lowest BCUT2D eigenvalue weighted by atomic mass is 9.72. The number of hydrogen-bond acceptors (Lipinski definition) is 8. The molecule has 1 N–H and O–H groups in total. The second-order valence-corrected chi connectivity index (χ2v) is 14.3. The van der Waals surface area contributed by atoms with E-state index in [4.69, 9.17) is 16.6 Å². The van der Waals surface area contributed by atoms with Gasteiger partial charge in [0.1, 0.15) is 5.00 Å². The van der Waals surface area contributed by atoms with Crippen molar-refractivity contribution in [2.45, 2.75) is 63.9 Å². The Bertz CT molecular complexity index is 1710. The molecule has 0 saturated carbocycles. The number of nitro benzene ring substituents is 1. The summed E-state index contributed by atoms with van der Waals surface area (Å²) >= 11 is 8.71. The van der Waals surface area contributed by atoms with Crippen LogP contribution in [0.15, 0.2) is 63.6 Å². The van der Waals surface area contributed by atoms with Crippen LogP contribution in [0.25, 0.3) is 0 Å². The van der Waals surface area contributed by atoms with Crippen molar-refractivity contribution in [2.24, 2.45) is 16.3 Å². The summed E-state index contributed by atoms with van der Waals surface area (Å²) in [6, 6.07) is 13.8. The van der Waals surface area contributed by atoms with Crippen LogP contribution in [0, 0.1) is 35.3 Å². The summed E-state index contributed by atoms with van der Waals surface area (Å²) in [5.74, 6) is 0.267. The van der Waals surface area contributed by atoms with Gasteiger partial charge >= 0.3 is 0 Å². The normalized spacial score (nSPS) is 15.0. The summed E-state index contributed by atoms with van der Waals surface area (Å²) in [6.07, 6.45) is 4.27. The minimum atomic E-state index is -0.413. The molecule has 1 aliphatic carbocycles. The van der Waals surface area contributed by atoms with Crippen LogP contribution in [-0.4, -0.2) is 27.0 Å². The number of aromatic nitrogens is 2. The fourth-order valence-electron chi connectivity index (χ4n) is 5.18. The second kappa shape index (κ2) is 12.6. The molecule has 5 rings (SSSR count). The van der Waals surface area contributed by atoms with E-state index < -0.39 is 4.92 Å². The Balaban J connectivity index is 1.48. The first-order valence-corrected chi connectivity index (χ1v) is 15.9. The second-order valence-electron chi connectivity index (χ2n) is 11.7. The number of thiophene rings is 1. The van der Waals surface area contributed by atoms with Crippen molar-refractivity contribution in [1.29, 1.82) is 0 Å². The van der Waals surface area contributed by atoms with Crippen molar-refractivity contribution >= 4 is 63.2 Å². The molecule has 11 heteroatoms. The number of benzene rings is 2. The van der Waals surface area contributed by atoms with Gasteiger partial charge in [0.25, 0.3) is 11.6 Å². The van der Waals surface area contributed by atoms with E-state index in [1.54, 1.807) is 42.6 Å². The highest BCUT2D eigenvalue weighted by Crippen LogP contribution is 2.45. The maximum Gasteiger partial charge on any atom is 0.283 e. The van der Waals surface area contributed by atoms with Crippen molar-refractivity contribution in [2.75, 3.05) is 5.32 Å². The number of anilines is 1. The first-order valence-electron chi connectivity index (χ1n) is 13.9. The van der Waals surface area contributed by atoms with Gasteiger partial charge in [-0.2, -0.15) is 0 Å². The number of carbonyl (C=O) groups excluding carboxylic acids is 1. The van der Waals surface area contributed by atoms with Gasteiger partial charge < -0.3 is 5.32 Å². The largest absolute Gasteiger partial charge is 0.322 e. The Labute approximate surface area is 264 Å². The van der Waals surface area contributed by atoms with Gasteiger partial charge in [-0.05, 0) is 104 Å². The molecule has 1 aliphatic rings. The van der Waals surface area contributed by atoms with Crippen molar-refractivity contribution in [3.8, 4) is 0 Å². The molecule has 0 unspecified atom stereocenters. The van der Waals surface area contributed by atoms with Gasteiger partial charge in [0.15, 0.2) is 5.16 Å². The molecular formula is C32H32ClN5O3S2. The third kappa shape index (κ3) is 7.31. The zero-order chi connectivity index (χ0) is 30.9. The minimum absolute atomic E-state index is 0.0593. The van der Waals surface area contributed by atoms with Crippen molar-refractivity contribution in [3.63, 3.8) is 0 Å². The number of aliphatic imine (C=N–C) groups is 1. The molecule has 0 aliphatic heterocycles. The number of halogens is 1. The van der Waals surface area contributed by atoms with Crippen LogP contribution in [0.2, 0.25) is 5.02 Å². The van der Waals surface area contributed by atoms with Gasteiger partial charge in [0.2, 0.25) is 0 Å². The lowest BCUT2D eigenvalue weighted by molar-refractivity contribution is -0.387. The number of rotatable bonds is 7. The molecule has 0 spiro atoms. The van der Waals surface area contributed by atoms with E-state index in [-0.39, 0.29) is 17.0 Å². The number of nitro groups is 1. The Kier molecular flexibility index (Phi) is 9.01. The number of hydrogen-bond donors (Lipinski definition) is 1. The monoisotopic (exact) mass is 633 g/mol. The highest BCUT2D eigenvalue weighted by Gasteiger charge is 2.33. The summed E-state index contributed by atoms with van der Waals surface area (Å²) in [5.41, 5.74) is 4.48. The van der Waals surface area contributed by atoms with Crippen molar-refractivity contribution < 1.29 is 9.72 Å². The van der Waals surface area contributed by atoms with Crippen LogP contribution in [0.3, 0.4) is 0 Å². The van der Waals surface area contributed by atoms with Gasteiger partial charge in [0.05, 0.1) is 15.4 Å². The molecular weight excluding hydrogens is 602 g/mol. The molecule has 2 aromatic heterocycles. The van der Waals surface area contributed by atoms with Crippen LogP contribution >= 0.6 is 34.7 Å². The third-order valence-corrected chi connectivity index (χ3v) is 9.82. The van der Waals surface area contributed by atoms with E-state index >= 15 is 0 Å². The van der Waals surface area contributed by atoms with E-state index in [9.17, 15) is 14.9 Å². The molecule has 2 aromatic carbocycles. The minimum Gasteiger partial charge on any atom is -0.322 e. The molecule has 0 bridgehead atoms. The molecule has 0 fully saturated rings. The van der Waals surface area contributed by atoms with Crippen LogP contribution < -0.4 is 5.32 Å². The van der Waals surface area contributed by atoms with Crippen molar-refractivity contribution in [3.05, 3.63) is 96.6 Å². The number of nitrogens with zero attached hydrogens (tertiary/aromatic N) is 4. The fraction of sp³-hybridized carbons (Fsp3) is 0.312. The zero-order valence-corrected chi connectivity index (χ0v) is 27.0. The molecule has 43 heavy (non-hydrogen) atoms. The first-order chi connectivity index (χ1) is 20.4. The number of carbonyl (C=O) groups is 1. The van der Waals surface area contributed by atoms with Gasteiger partial charge in [0, 0.05) is 39.3 Å². The summed E-state index contributed by atoms with van der Waals surface area (Å²) in [7, 11) is 0. The Hall–Kier alpha value is -3.60. The highest BCUT2D eigenvalue weighted by atomic mass is 35.5. The predicted octanol–water partition coefficient (Wildman–Crippen LogP) is 9.02. The van der Waals surface area contributed by atoms with Crippen LogP contribution in [0.5, 0.6) is 0 Å². The maximum atomic E-state index is 13.6. The topological polar surface area (TPSA) is 110 Å².